The number of rotatable bonds is 0. The van der Waals surface area contributed by atoms with Gasteiger partial charge in [-0.05, 0) is 7.05 Å². The largest absolute Gasteiger partial charge is 0.506 e. The molecule has 0 atom stereocenters. The van der Waals surface area contributed by atoms with Gasteiger partial charge in [-0.2, -0.15) is 6.92 Å². The molecule has 0 aliphatic rings. The number of hydrogen-bond donors (Lipinski definition) is 0. The van der Waals surface area contributed by atoms with E-state index in [1.807, 2.05) is 13.8 Å². The Balaban J connectivity index is -0.0000000480. The Hall–Kier alpha value is 0.774. The summed E-state index contributed by atoms with van der Waals surface area (Å²) >= 11 is 0. The summed E-state index contributed by atoms with van der Waals surface area (Å²) in [5.74, 6) is 0. The average molecular weight is 175 g/mol. The number of hydrogen-bond acceptors (Lipinski definition) is 1. The van der Waals surface area contributed by atoms with Crippen LogP contribution in [0.5, 0.6) is 0 Å². The van der Waals surface area contributed by atoms with Crippen LogP contribution in [0.4, 0.5) is 0 Å². The molecule has 2 heteroatoms. The van der Waals surface area contributed by atoms with Crippen molar-refractivity contribution in [3.8, 4) is 0 Å². The van der Waals surface area contributed by atoms with Gasteiger partial charge in [0.25, 0.3) is 0 Å². The van der Waals surface area contributed by atoms with Crippen molar-refractivity contribution >= 4 is 6.21 Å². The van der Waals surface area contributed by atoms with Crippen LogP contribution < -0.4 is 0 Å². The van der Waals surface area contributed by atoms with Crippen molar-refractivity contribution in [3.05, 3.63) is 0 Å². The van der Waals surface area contributed by atoms with E-state index in [0.717, 1.165) is 0 Å². The molecule has 0 spiro atoms. The minimum absolute atomic E-state index is 0. The van der Waals surface area contributed by atoms with Crippen LogP contribution in [-0.2, 0) is 32.7 Å². The molecule has 0 amide bonds. The fourth-order valence-corrected chi connectivity index (χ4v) is 0. The molecule has 0 saturated carbocycles. The van der Waals surface area contributed by atoms with Gasteiger partial charge in [-0.1, -0.05) is 13.8 Å². The van der Waals surface area contributed by atoms with Gasteiger partial charge >= 0.3 is 0 Å². The summed E-state index contributed by atoms with van der Waals surface area (Å²) in [5, 5.41) is 0. The molecule has 0 aromatic rings. The van der Waals surface area contributed by atoms with Crippen molar-refractivity contribution in [2.75, 3.05) is 7.05 Å². The molecule has 0 aromatic carbocycles. The number of nitrogens with zero attached hydrogens (tertiary/aromatic N) is 1. The van der Waals surface area contributed by atoms with Gasteiger partial charge in [-0.25, -0.2) is 0 Å². The van der Waals surface area contributed by atoms with Gasteiger partial charge in [0.1, 0.15) is 0 Å². The first-order valence-corrected chi connectivity index (χ1v) is 2.17. The Morgan fingerprint density at radius 1 is 1.29 bits per heavy atom. The zero-order valence-electron chi connectivity index (χ0n) is 5.52. The Morgan fingerprint density at radius 2 is 1.43 bits per heavy atom. The summed E-state index contributed by atoms with van der Waals surface area (Å²) in [6.45, 7) is 5.76. The molecule has 1 nitrogen and oxygen atoms in total. The zero-order valence-corrected chi connectivity index (χ0v) is 8.36. The summed E-state index contributed by atoms with van der Waals surface area (Å²) in [7, 11) is 1.69. The van der Waals surface area contributed by atoms with Crippen LogP contribution in [0.1, 0.15) is 20.8 Å². The van der Waals surface area contributed by atoms with Gasteiger partial charge in [-0.15, -0.1) is 0 Å². The SMILES string of the molecule is CC.C[C-]=NC.[Y]. The van der Waals surface area contributed by atoms with Crippen LogP contribution in [0, 0.1) is 0 Å². The zero-order chi connectivity index (χ0) is 5.41. The summed E-state index contributed by atoms with van der Waals surface area (Å²) in [6.07, 6.45) is 2.56. The van der Waals surface area contributed by atoms with Crippen molar-refractivity contribution in [1.29, 1.82) is 0 Å². The van der Waals surface area contributed by atoms with Crippen LogP contribution in [0.15, 0.2) is 4.99 Å². The molecule has 7 heavy (non-hydrogen) atoms. The maximum Gasteiger partial charge on any atom is 0 e. The molecule has 0 aromatic heterocycles. The predicted molar refractivity (Wildman–Crippen MR) is 30.4 cm³/mol. The van der Waals surface area contributed by atoms with Gasteiger partial charge < -0.3 is 11.2 Å². The fourth-order valence-electron chi connectivity index (χ4n) is 0. The molecular formula is C5H12NY-. The standard InChI is InChI=1S/C3H6N.C2H6.Y/c1-3-4-2;1-2;/h1-2H3;1-2H3;/q-1;;. The topological polar surface area (TPSA) is 12.4 Å². The maximum absolute atomic E-state index is 3.49. The molecule has 0 aliphatic heterocycles. The second kappa shape index (κ2) is 29.3. The maximum atomic E-state index is 3.49. The third-order valence-electron chi connectivity index (χ3n) is 0.224. The van der Waals surface area contributed by atoms with Crippen molar-refractivity contribution in [2.24, 2.45) is 4.99 Å². The van der Waals surface area contributed by atoms with Crippen LogP contribution in [0.2, 0.25) is 0 Å². The second-order valence-corrected chi connectivity index (χ2v) is 0.447. The molecular weight excluding hydrogens is 163 g/mol. The van der Waals surface area contributed by atoms with Gasteiger partial charge in [0.05, 0.1) is 0 Å². The van der Waals surface area contributed by atoms with Crippen molar-refractivity contribution in [1.82, 2.24) is 0 Å². The van der Waals surface area contributed by atoms with E-state index in [1.165, 1.54) is 0 Å². The van der Waals surface area contributed by atoms with Crippen molar-refractivity contribution in [3.63, 3.8) is 0 Å². The van der Waals surface area contributed by atoms with Crippen LogP contribution in [0.3, 0.4) is 0 Å². The van der Waals surface area contributed by atoms with Gasteiger partial charge in [0, 0.05) is 32.7 Å². The molecule has 0 aliphatic carbocycles. The summed E-state index contributed by atoms with van der Waals surface area (Å²) < 4.78 is 0. The minimum atomic E-state index is 0. The van der Waals surface area contributed by atoms with Crippen molar-refractivity contribution in [2.45, 2.75) is 20.8 Å². The Kier molecular flexibility index (Phi) is 65.6. The second-order valence-electron chi connectivity index (χ2n) is 0.447. The monoisotopic (exact) mass is 175 g/mol. The Labute approximate surface area is 71.5 Å². The van der Waals surface area contributed by atoms with E-state index >= 15 is 0 Å². The first-order chi connectivity index (χ1) is 2.91. The molecule has 0 saturated heterocycles. The van der Waals surface area contributed by atoms with Crippen LogP contribution >= 0.6 is 0 Å². The van der Waals surface area contributed by atoms with E-state index in [2.05, 4.69) is 11.2 Å². The van der Waals surface area contributed by atoms with Gasteiger partial charge in [0.2, 0.25) is 0 Å². The molecule has 0 bridgehead atoms. The summed E-state index contributed by atoms with van der Waals surface area (Å²) in [5.41, 5.74) is 0. The minimum Gasteiger partial charge on any atom is -0.506 e. The fraction of sp³-hybridized carbons (Fsp3) is 0.800. The van der Waals surface area contributed by atoms with E-state index in [9.17, 15) is 0 Å². The summed E-state index contributed by atoms with van der Waals surface area (Å²) in [6, 6.07) is 0. The van der Waals surface area contributed by atoms with E-state index in [0.29, 0.717) is 0 Å². The third kappa shape index (κ3) is 49.1. The molecule has 0 rings (SSSR count). The molecule has 0 N–H and O–H groups in total. The van der Waals surface area contributed by atoms with E-state index in [-0.39, 0.29) is 32.7 Å². The molecule has 41 valence electrons. The van der Waals surface area contributed by atoms with Gasteiger partial charge in [-0.3, -0.25) is 0 Å². The summed E-state index contributed by atoms with van der Waals surface area (Å²) in [4.78, 5) is 3.49. The van der Waals surface area contributed by atoms with E-state index in [4.69, 9.17) is 0 Å². The quantitative estimate of drug-likeness (QED) is 0.391. The molecule has 0 heterocycles. The Bertz CT molecular complexity index is 23.3. The van der Waals surface area contributed by atoms with E-state index < -0.39 is 0 Å². The smallest absolute Gasteiger partial charge is 0 e. The molecule has 0 unspecified atom stereocenters. The number of aliphatic imine (C=N–C) groups is 1. The predicted octanol–water partition coefficient (Wildman–Crippen LogP) is 1.61. The Morgan fingerprint density at radius 3 is 1.43 bits per heavy atom. The van der Waals surface area contributed by atoms with E-state index in [1.54, 1.807) is 14.0 Å². The first kappa shape index (κ1) is 15.7. The molecule has 1 radical (unpaired) electrons. The normalized spacial score (nSPS) is 6.29. The van der Waals surface area contributed by atoms with Crippen LogP contribution in [0.25, 0.3) is 0 Å². The van der Waals surface area contributed by atoms with Gasteiger partial charge in [0.15, 0.2) is 0 Å². The van der Waals surface area contributed by atoms with Crippen LogP contribution in [-0.4, -0.2) is 13.3 Å². The first-order valence-electron chi connectivity index (χ1n) is 2.17. The average Bonchev–Trinajstić information content (AvgIpc) is 1.72. The molecule has 0 fully saturated rings. The van der Waals surface area contributed by atoms with Crippen molar-refractivity contribution < 1.29 is 32.7 Å². The third-order valence-corrected chi connectivity index (χ3v) is 0.224.